The second-order valence-electron chi connectivity index (χ2n) is 6.32. The highest BCUT2D eigenvalue weighted by Gasteiger charge is 2.26. The van der Waals surface area contributed by atoms with Gasteiger partial charge in [-0.25, -0.2) is 4.79 Å². The fraction of sp³-hybridized carbons (Fsp3) is 0.875. The van der Waals surface area contributed by atoms with Crippen molar-refractivity contribution >= 4 is 12.0 Å². The highest BCUT2D eigenvalue weighted by Crippen LogP contribution is 2.19. The Morgan fingerprint density at radius 2 is 1.68 bits per heavy atom. The number of hydrogen-bond donors (Lipinski definition) is 2. The number of carboxylic acids is 1. The summed E-state index contributed by atoms with van der Waals surface area (Å²) < 4.78 is 5.84. The third-order valence-electron chi connectivity index (χ3n) is 4.67. The van der Waals surface area contributed by atoms with Crippen LogP contribution in [-0.2, 0) is 9.53 Å². The van der Waals surface area contributed by atoms with E-state index in [1.54, 1.807) is 4.90 Å². The van der Waals surface area contributed by atoms with Crippen molar-refractivity contribution in [2.75, 3.05) is 26.2 Å². The summed E-state index contributed by atoms with van der Waals surface area (Å²) in [5, 5.41) is 11.8. The van der Waals surface area contributed by atoms with E-state index in [4.69, 9.17) is 9.84 Å². The number of ether oxygens (including phenoxy) is 1. The van der Waals surface area contributed by atoms with Crippen LogP contribution in [0.4, 0.5) is 4.79 Å². The third-order valence-corrected chi connectivity index (χ3v) is 4.67. The van der Waals surface area contributed by atoms with Crippen LogP contribution in [0.25, 0.3) is 0 Å². The van der Waals surface area contributed by atoms with E-state index >= 15 is 0 Å². The largest absolute Gasteiger partial charge is 0.481 e. The third kappa shape index (κ3) is 5.48. The Hall–Kier alpha value is -1.30. The van der Waals surface area contributed by atoms with Crippen molar-refractivity contribution in [3.8, 4) is 0 Å². The van der Waals surface area contributed by atoms with Crippen LogP contribution in [0.3, 0.4) is 0 Å². The molecule has 0 spiro atoms. The number of hydrogen-bond acceptors (Lipinski definition) is 3. The minimum absolute atomic E-state index is 0.103. The highest BCUT2D eigenvalue weighted by atomic mass is 16.5. The van der Waals surface area contributed by atoms with Crippen molar-refractivity contribution in [2.24, 2.45) is 5.92 Å². The Morgan fingerprint density at radius 3 is 2.27 bits per heavy atom. The predicted molar refractivity (Wildman–Crippen MR) is 82.8 cm³/mol. The number of rotatable bonds is 5. The number of urea groups is 1. The average molecular weight is 312 g/mol. The van der Waals surface area contributed by atoms with Gasteiger partial charge in [-0.3, -0.25) is 4.79 Å². The van der Waals surface area contributed by atoms with E-state index < -0.39 is 5.97 Å². The molecule has 0 aromatic carbocycles. The zero-order chi connectivity index (χ0) is 15.8. The van der Waals surface area contributed by atoms with Gasteiger partial charge in [0.2, 0.25) is 0 Å². The first kappa shape index (κ1) is 17.1. The first-order chi connectivity index (χ1) is 10.7. The molecule has 2 aliphatic rings. The number of nitrogens with one attached hydrogen (secondary N) is 1. The Labute approximate surface area is 132 Å². The van der Waals surface area contributed by atoms with E-state index in [1.807, 2.05) is 0 Å². The second-order valence-corrected chi connectivity index (χ2v) is 6.32. The van der Waals surface area contributed by atoms with E-state index in [1.165, 1.54) is 25.7 Å². The molecule has 6 heteroatoms. The Bertz CT molecular complexity index is 359. The molecule has 0 aromatic rings. The van der Waals surface area contributed by atoms with E-state index in [0.717, 1.165) is 12.8 Å². The molecule has 2 rings (SSSR count). The second kappa shape index (κ2) is 8.98. The molecule has 0 aromatic heterocycles. The standard InChI is InChI=1S/C16H28N2O4/c19-15(20)13-7-10-18(11-8-13)16(21)17-9-12-22-14-5-3-1-2-4-6-14/h13-14H,1-12H2,(H,17,21)(H,19,20). The fourth-order valence-corrected chi connectivity index (χ4v) is 3.23. The van der Waals surface area contributed by atoms with Crippen LogP contribution in [0.5, 0.6) is 0 Å². The predicted octanol–water partition coefficient (Wildman–Crippen LogP) is 2.23. The Morgan fingerprint density at radius 1 is 1.05 bits per heavy atom. The summed E-state index contributed by atoms with van der Waals surface area (Å²) in [6.45, 7) is 2.12. The number of nitrogens with zero attached hydrogens (tertiary/aromatic N) is 1. The summed E-state index contributed by atoms with van der Waals surface area (Å²) in [4.78, 5) is 24.6. The zero-order valence-corrected chi connectivity index (χ0v) is 13.3. The molecule has 2 N–H and O–H groups in total. The first-order valence-corrected chi connectivity index (χ1v) is 8.54. The lowest BCUT2D eigenvalue weighted by molar-refractivity contribution is -0.143. The molecule has 0 radical (unpaired) electrons. The minimum Gasteiger partial charge on any atom is -0.481 e. The maximum atomic E-state index is 12.0. The molecule has 1 saturated heterocycles. The minimum atomic E-state index is -0.753. The van der Waals surface area contributed by atoms with Crippen LogP contribution in [0, 0.1) is 5.92 Å². The highest BCUT2D eigenvalue weighted by molar-refractivity contribution is 5.75. The van der Waals surface area contributed by atoms with Gasteiger partial charge in [0.1, 0.15) is 0 Å². The number of carboxylic acid groups (broad SMARTS) is 1. The summed E-state index contributed by atoms with van der Waals surface area (Å²) in [5.74, 6) is -1.06. The summed E-state index contributed by atoms with van der Waals surface area (Å²) in [5.41, 5.74) is 0. The summed E-state index contributed by atoms with van der Waals surface area (Å²) >= 11 is 0. The van der Waals surface area contributed by atoms with Gasteiger partial charge in [0.25, 0.3) is 0 Å². The van der Waals surface area contributed by atoms with Gasteiger partial charge in [0.15, 0.2) is 0 Å². The molecule has 1 saturated carbocycles. The van der Waals surface area contributed by atoms with Crippen LogP contribution < -0.4 is 5.32 Å². The van der Waals surface area contributed by atoms with Crippen molar-refractivity contribution in [1.29, 1.82) is 0 Å². The van der Waals surface area contributed by atoms with E-state index in [2.05, 4.69) is 5.32 Å². The van der Waals surface area contributed by atoms with Crippen LogP contribution >= 0.6 is 0 Å². The Kier molecular flexibility index (Phi) is 6.96. The van der Waals surface area contributed by atoms with Gasteiger partial charge in [-0.05, 0) is 25.7 Å². The fourth-order valence-electron chi connectivity index (χ4n) is 3.23. The van der Waals surface area contributed by atoms with Crippen molar-refractivity contribution in [2.45, 2.75) is 57.5 Å². The topological polar surface area (TPSA) is 78.9 Å². The molecular formula is C16H28N2O4. The molecule has 2 fully saturated rings. The van der Waals surface area contributed by atoms with Crippen molar-refractivity contribution in [3.63, 3.8) is 0 Å². The normalized spacial score (nSPS) is 21.4. The molecule has 22 heavy (non-hydrogen) atoms. The molecule has 126 valence electrons. The molecule has 1 aliphatic carbocycles. The van der Waals surface area contributed by atoms with Crippen LogP contribution in [-0.4, -0.2) is 54.4 Å². The molecule has 2 amide bonds. The van der Waals surface area contributed by atoms with Crippen LogP contribution in [0.1, 0.15) is 51.4 Å². The summed E-state index contributed by atoms with van der Waals surface area (Å²) in [6.07, 6.45) is 8.82. The number of piperidine rings is 1. The maximum Gasteiger partial charge on any atom is 0.317 e. The van der Waals surface area contributed by atoms with Crippen molar-refractivity contribution in [1.82, 2.24) is 10.2 Å². The van der Waals surface area contributed by atoms with Gasteiger partial charge in [0.05, 0.1) is 18.6 Å². The van der Waals surface area contributed by atoms with Gasteiger partial charge in [0, 0.05) is 19.6 Å². The van der Waals surface area contributed by atoms with Gasteiger partial charge >= 0.3 is 12.0 Å². The quantitative estimate of drug-likeness (QED) is 0.603. The number of amides is 2. The summed E-state index contributed by atoms with van der Waals surface area (Å²) in [6, 6.07) is -0.103. The SMILES string of the molecule is O=C(O)C1CCN(C(=O)NCCOC2CCCCCC2)CC1. The van der Waals surface area contributed by atoms with Gasteiger partial charge in [-0.15, -0.1) is 0 Å². The number of likely N-dealkylation sites (tertiary alicyclic amines) is 1. The van der Waals surface area contributed by atoms with Gasteiger partial charge in [-0.2, -0.15) is 0 Å². The number of carbonyl (C=O) groups is 2. The number of aliphatic carboxylic acids is 1. The molecule has 0 unspecified atom stereocenters. The molecule has 0 atom stereocenters. The van der Waals surface area contributed by atoms with E-state index in [9.17, 15) is 9.59 Å². The molecule has 1 aliphatic heterocycles. The molecular weight excluding hydrogens is 284 g/mol. The molecule has 6 nitrogen and oxygen atoms in total. The van der Waals surface area contributed by atoms with Crippen LogP contribution in [0.15, 0.2) is 0 Å². The van der Waals surface area contributed by atoms with Gasteiger partial charge < -0.3 is 20.1 Å². The van der Waals surface area contributed by atoms with Crippen molar-refractivity contribution in [3.05, 3.63) is 0 Å². The number of carbonyl (C=O) groups excluding carboxylic acids is 1. The molecule has 0 bridgehead atoms. The molecule has 1 heterocycles. The van der Waals surface area contributed by atoms with E-state index in [-0.39, 0.29) is 11.9 Å². The average Bonchev–Trinajstić information content (AvgIpc) is 2.80. The smallest absolute Gasteiger partial charge is 0.317 e. The van der Waals surface area contributed by atoms with E-state index in [0.29, 0.717) is 45.2 Å². The Balaban J connectivity index is 1.57. The zero-order valence-electron chi connectivity index (χ0n) is 13.3. The van der Waals surface area contributed by atoms with Crippen LogP contribution in [0.2, 0.25) is 0 Å². The monoisotopic (exact) mass is 312 g/mol. The lowest BCUT2D eigenvalue weighted by atomic mass is 9.97. The van der Waals surface area contributed by atoms with Gasteiger partial charge in [-0.1, -0.05) is 25.7 Å². The lowest BCUT2D eigenvalue weighted by Crippen LogP contribution is -2.46. The lowest BCUT2D eigenvalue weighted by Gasteiger charge is -2.30. The first-order valence-electron chi connectivity index (χ1n) is 8.54. The van der Waals surface area contributed by atoms with Crippen molar-refractivity contribution < 1.29 is 19.4 Å². The maximum absolute atomic E-state index is 12.0. The summed E-state index contributed by atoms with van der Waals surface area (Å²) in [7, 11) is 0.